The second-order valence-electron chi connectivity index (χ2n) is 3.74. The molecular formula is C12H12Br2O. The third kappa shape index (κ3) is 2.52. The van der Waals surface area contributed by atoms with Crippen molar-refractivity contribution in [3.05, 3.63) is 44.4 Å². The summed E-state index contributed by atoms with van der Waals surface area (Å²) in [6, 6.07) is 5.88. The van der Waals surface area contributed by atoms with Crippen molar-refractivity contribution >= 4 is 31.9 Å². The van der Waals surface area contributed by atoms with Crippen LogP contribution in [0.1, 0.15) is 30.9 Å². The van der Waals surface area contributed by atoms with E-state index >= 15 is 0 Å². The molecule has 0 fully saturated rings. The summed E-state index contributed by atoms with van der Waals surface area (Å²) in [5, 5.41) is 10.2. The highest BCUT2D eigenvalue weighted by Crippen LogP contribution is 2.35. The predicted octanol–water partition coefficient (Wildman–Crippen LogP) is 4.36. The lowest BCUT2D eigenvalue weighted by atomic mass is 10.0. The number of aliphatic hydroxyl groups is 1. The molecule has 3 heteroatoms. The molecule has 1 aromatic rings. The van der Waals surface area contributed by atoms with Gasteiger partial charge in [0.05, 0.1) is 0 Å². The van der Waals surface area contributed by atoms with Gasteiger partial charge in [-0.2, -0.15) is 0 Å². The van der Waals surface area contributed by atoms with E-state index in [1.807, 2.05) is 18.2 Å². The molecule has 80 valence electrons. The minimum absolute atomic E-state index is 0.449. The fourth-order valence-corrected chi connectivity index (χ4v) is 3.13. The highest BCUT2D eigenvalue weighted by atomic mass is 79.9. The molecule has 0 heterocycles. The Morgan fingerprint density at radius 2 is 2.07 bits per heavy atom. The largest absolute Gasteiger partial charge is 0.384 e. The molecule has 1 N–H and O–H groups in total. The molecule has 0 aliphatic heterocycles. The molecule has 0 saturated carbocycles. The molecule has 1 atom stereocenters. The van der Waals surface area contributed by atoms with Crippen LogP contribution < -0.4 is 0 Å². The van der Waals surface area contributed by atoms with E-state index < -0.39 is 6.10 Å². The fourth-order valence-electron chi connectivity index (χ4n) is 1.87. The summed E-state index contributed by atoms with van der Waals surface area (Å²) < 4.78 is 1.97. The van der Waals surface area contributed by atoms with Crippen LogP contribution in [0, 0.1) is 0 Å². The van der Waals surface area contributed by atoms with Gasteiger partial charge in [-0.15, -0.1) is 0 Å². The van der Waals surface area contributed by atoms with Crippen molar-refractivity contribution in [2.75, 3.05) is 0 Å². The van der Waals surface area contributed by atoms with Crippen molar-refractivity contribution < 1.29 is 5.11 Å². The van der Waals surface area contributed by atoms with E-state index in [-0.39, 0.29) is 0 Å². The van der Waals surface area contributed by atoms with Crippen LogP contribution in [0.5, 0.6) is 0 Å². The smallest absolute Gasteiger partial charge is 0.101 e. The Morgan fingerprint density at radius 1 is 1.27 bits per heavy atom. The highest BCUT2D eigenvalue weighted by molar-refractivity contribution is 9.11. The van der Waals surface area contributed by atoms with E-state index in [2.05, 4.69) is 37.9 Å². The average Bonchev–Trinajstić information content (AvgIpc) is 2.69. The second-order valence-corrected chi connectivity index (χ2v) is 5.51. The van der Waals surface area contributed by atoms with Crippen LogP contribution >= 0.6 is 31.9 Å². The van der Waals surface area contributed by atoms with Crippen molar-refractivity contribution in [1.82, 2.24) is 0 Å². The van der Waals surface area contributed by atoms with Gasteiger partial charge in [-0.3, -0.25) is 0 Å². The van der Waals surface area contributed by atoms with Gasteiger partial charge in [0, 0.05) is 8.95 Å². The molecule has 0 radical (unpaired) electrons. The van der Waals surface area contributed by atoms with Gasteiger partial charge in [0.25, 0.3) is 0 Å². The third-order valence-corrected chi connectivity index (χ3v) is 3.86. The zero-order valence-corrected chi connectivity index (χ0v) is 11.4. The number of benzene rings is 1. The van der Waals surface area contributed by atoms with Gasteiger partial charge in [-0.1, -0.05) is 44.0 Å². The molecule has 0 saturated heterocycles. The van der Waals surface area contributed by atoms with Gasteiger partial charge in [-0.25, -0.2) is 0 Å². The Bertz CT molecular complexity index is 399. The zero-order valence-electron chi connectivity index (χ0n) is 8.21. The maximum absolute atomic E-state index is 10.2. The lowest BCUT2D eigenvalue weighted by Crippen LogP contribution is -2.00. The van der Waals surface area contributed by atoms with Gasteiger partial charge >= 0.3 is 0 Å². The summed E-state index contributed by atoms with van der Waals surface area (Å²) in [6.45, 7) is 0. The van der Waals surface area contributed by atoms with Crippen LogP contribution in [0.3, 0.4) is 0 Å². The Hall–Kier alpha value is -0.120. The molecule has 0 aromatic heterocycles. The van der Waals surface area contributed by atoms with E-state index in [1.165, 1.54) is 6.42 Å². The number of allylic oxidation sites excluding steroid dienone is 1. The van der Waals surface area contributed by atoms with Gasteiger partial charge in [0.15, 0.2) is 0 Å². The predicted molar refractivity (Wildman–Crippen MR) is 68.7 cm³/mol. The van der Waals surface area contributed by atoms with Crippen molar-refractivity contribution in [3.63, 3.8) is 0 Å². The molecule has 0 bridgehead atoms. The Balaban J connectivity index is 2.28. The van der Waals surface area contributed by atoms with E-state index in [0.29, 0.717) is 0 Å². The van der Waals surface area contributed by atoms with Crippen LogP contribution in [0.2, 0.25) is 0 Å². The molecule has 1 nitrogen and oxygen atoms in total. The van der Waals surface area contributed by atoms with E-state index in [9.17, 15) is 5.11 Å². The number of hydrogen-bond acceptors (Lipinski definition) is 1. The van der Waals surface area contributed by atoms with Gasteiger partial charge in [0.1, 0.15) is 6.10 Å². The first kappa shape index (κ1) is 11.4. The topological polar surface area (TPSA) is 20.2 Å². The number of halogens is 2. The Labute approximate surface area is 106 Å². The summed E-state index contributed by atoms with van der Waals surface area (Å²) in [4.78, 5) is 0. The van der Waals surface area contributed by atoms with Crippen molar-refractivity contribution in [2.45, 2.75) is 25.4 Å². The van der Waals surface area contributed by atoms with E-state index in [4.69, 9.17) is 0 Å². The molecule has 2 rings (SSSR count). The molecule has 1 aliphatic rings. The second kappa shape index (κ2) is 4.81. The molecular weight excluding hydrogens is 320 g/mol. The van der Waals surface area contributed by atoms with Gasteiger partial charge in [0.2, 0.25) is 0 Å². The van der Waals surface area contributed by atoms with Crippen molar-refractivity contribution in [3.8, 4) is 0 Å². The number of rotatable bonds is 2. The summed E-state index contributed by atoms with van der Waals surface area (Å²) in [5.74, 6) is 0. The summed E-state index contributed by atoms with van der Waals surface area (Å²) in [5.41, 5.74) is 2.10. The van der Waals surface area contributed by atoms with Gasteiger partial charge < -0.3 is 5.11 Å². The minimum atomic E-state index is -0.449. The minimum Gasteiger partial charge on any atom is -0.384 e. The Kier molecular flexibility index (Phi) is 3.65. The molecule has 15 heavy (non-hydrogen) atoms. The fraction of sp³-hybridized carbons (Fsp3) is 0.333. The first-order chi connectivity index (χ1) is 7.18. The van der Waals surface area contributed by atoms with Crippen molar-refractivity contribution in [1.29, 1.82) is 0 Å². The van der Waals surface area contributed by atoms with Crippen LogP contribution in [-0.4, -0.2) is 5.11 Å². The molecule has 1 aromatic carbocycles. The molecule has 0 spiro atoms. The maximum atomic E-state index is 10.2. The van der Waals surface area contributed by atoms with Crippen LogP contribution in [0.15, 0.2) is 38.8 Å². The highest BCUT2D eigenvalue weighted by Gasteiger charge is 2.18. The first-order valence-corrected chi connectivity index (χ1v) is 6.59. The van der Waals surface area contributed by atoms with Crippen LogP contribution in [0.25, 0.3) is 0 Å². The molecule has 1 unspecified atom stereocenters. The number of hydrogen-bond donors (Lipinski definition) is 1. The van der Waals surface area contributed by atoms with Crippen molar-refractivity contribution in [2.24, 2.45) is 0 Å². The lowest BCUT2D eigenvalue weighted by molar-refractivity contribution is 0.212. The monoisotopic (exact) mass is 330 g/mol. The summed E-state index contributed by atoms with van der Waals surface area (Å²) >= 11 is 6.88. The average molecular weight is 332 g/mol. The van der Waals surface area contributed by atoms with Crippen LogP contribution in [-0.2, 0) is 0 Å². The van der Waals surface area contributed by atoms with E-state index in [1.54, 1.807) is 0 Å². The summed E-state index contributed by atoms with van der Waals surface area (Å²) in [6.07, 6.45) is 4.99. The SMILES string of the molecule is OC(C1=CCCC1)c1ccc(Br)cc1Br. The maximum Gasteiger partial charge on any atom is 0.101 e. The first-order valence-electron chi connectivity index (χ1n) is 5.00. The third-order valence-electron chi connectivity index (χ3n) is 2.68. The summed E-state index contributed by atoms with van der Waals surface area (Å²) in [7, 11) is 0. The standard InChI is InChI=1S/C12H12Br2O/c13-9-5-6-10(11(14)7-9)12(15)8-3-1-2-4-8/h3,5-7,12,15H,1-2,4H2. The Morgan fingerprint density at radius 3 is 2.67 bits per heavy atom. The molecule has 0 amide bonds. The number of aliphatic hydroxyl groups excluding tert-OH is 1. The molecule has 1 aliphatic carbocycles. The lowest BCUT2D eigenvalue weighted by Gasteiger charge is -2.14. The van der Waals surface area contributed by atoms with Gasteiger partial charge in [-0.05, 0) is 42.5 Å². The van der Waals surface area contributed by atoms with Crippen LogP contribution in [0.4, 0.5) is 0 Å². The normalized spacial score (nSPS) is 17.7. The van der Waals surface area contributed by atoms with E-state index in [0.717, 1.165) is 32.9 Å². The zero-order chi connectivity index (χ0) is 10.8. The quantitative estimate of drug-likeness (QED) is 0.798.